The predicted octanol–water partition coefficient (Wildman–Crippen LogP) is 4.88. The molecule has 2 N–H and O–H groups in total. The fourth-order valence-electron chi connectivity index (χ4n) is 5.17. The number of amides is 1. The van der Waals surface area contributed by atoms with Crippen molar-refractivity contribution in [2.24, 2.45) is 5.92 Å². The summed E-state index contributed by atoms with van der Waals surface area (Å²) in [4.78, 5) is 22.7. The van der Waals surface area contributed by atoms with Gasteiger partial charge in [0.05, 0.1) is 11.0 Å². The van der Waals surface area contributed by atoms with Crippen LogP contribution in [0.4, 0.5) is 9.18 Å². The molecule has 3 aromatic rings. The molecule has 2 atom stereocenters. The molecule has 4 rings (SSSR count). The maximum absolute atomic E-state index is 13.8. The van der Waals surface area contributed by atoms with Gasteiger partial charge in [0.25, 0.3) is 0 Å². The molecule has 7 nitrogen and oxygen atoms in total. The Kier molecular flexibility index (Phi) is 7.60. The lowest BCUT2D eigenvalue weighted by atomic mass is 9.72. The van der Waals surface area contributed by atoms with Crippen molar-refractivity contribution in [2.75, 3.05) is 33.8 Å². The third kappa shape index (κ3) is 5.59. The molecule has 2 heterocycles. The molecule has 1 unspecified atom stereocenters. The molecule has 35 heavy (non-hydrogen) atoms. The van der Waals surface area contributed by atoms with E-state index in [-0.39, 0.29) is 24.3 Å². The van der Waals surface area contributed by atoms with Crippen molar-refractivity contribution in [2.45, 2.75) is 44.6 Å². The number of carbonyl (C=O) groups is 1. The zero-order chi connectivity index (χ0) is 25.0. The van der Waals surface area contributed by atoms with E-state index in [1.807, 2.05) is 24.3 Å². The van der Waals surface area contributed by atoms with Gasteiger partial charge in [-0.25, -0.2) is 14.2 Å². The van der Waals surface area contributed by atoms with Crippen molar-refractivity contribution in [3.05, 3.63) is 59.7 Å². The Bertz CT molecular complexity index is 1130. The van der Waals surface area contributed by atoms with E-state index >= 15 is 0 Å². The van der Waals surface area contributed by atoms with Crippen molar-refractivity contribution in [1.82, 2.24) is 20.2 Å². The van der Waals surface area contributed by atoms with Crippen molar-refractivity contribution in [3.8, 4) is 5.75 Å². The number of fused-ring (bicyclic) bond motifs is 2. The van der Waals surface area contributed by atoms with Crippen molar-refractivity contribution >= 4 is 17.1 Å². The molecule has 1 aliphatic rings. The number of alkyl carbamates (subject to hydrolysis) is 1. The van der Waals surface area contributed by atoms with E-state index in [1.54, 1.807) is 13.1 Å². The largest absolute Gasteiger partial charge is 0.489 e. The van der Waals surface area contributed by atoms with Crippen molar-refractivity contribution < 1.29 is 18.7 Å². The molecule has 188 valence electrons. The first-order chi connectivity index (χ1) is 16.8. The quantitative estimate of drug-likeness (QED) is 0.454. The number of carbonyl (C=O) groups excluding carboxylic acids is 1. The summed E-state index contributed by atoms with van der Waals surface area (Å²) in [7, 11) is 3.63. The molecule has 1 aromatic heterocycles. The number of rotatable bonds is 9. The standard InChI is InChI=1S/C27H35FN4O3/c1-18(2)25-20-12-11-19(28)16-23(20)34-17-27(25,35-26(33)29-3)13-15-32(4)14-7-10-24-30-21-8-5-6-9-22(21)31-24/h5-6,8-9,11-12,16,18,25H,7,10,13-15,17H2,1-4H3,(H,29,33)(H,30,31)/t25-,27?/m0/s1. The van der Waals surface area contributed by atoms with Crippen LogP contribution >= 0.6 is 0 Å². The van der Waals surface area contributed by atoms with Gasteiger partial charge in [0, 0.05) is 44.0 Å². The molecular weight excluding hydrogens is 447 g/mol. The van der Waals surface area contributed by atoms with Gasteiger partial charge in [-0.3, -0.25) is 0 Å². The summed E-state index contributed by atoms with van der Waals surface area (Å²) in [5, 5.41) is 2.58. The lowest BCUT2D eigenvalue weighted by Crippen LogP contribution is -2.53. The highest BCUT2D eigenvalue weighted by Gasteiger charge is 2.49. The van der Waals surface area contributed by atoms with E-state index in [9.17, 15) is 9.18 Å². The molecule has 2 aromatic carbocycles. The number of aryl methyl sites for hydroxylation is 1. The van der Waals surface area contributed by atoms with Crippen LogP contribution in [-0.4, -0.2) is 60.4 Å². The van der Waals surface area contributed by atoms with Crippen LogP contribution in [0.25, 0.3) is 11.0 Å². The zero-order valence-electron chi connectivity index (χ0n) is 20.9. The molecule has 0 saturated heterocycles. The van der Waals surface area contributed by atoms with Crippen LogP contribution in [0.15, 0.2) is 42.5 Å². The topological polar surface area (TPSA) is 79.5 Å². The number of aromatic amines is 1. The number of imidazole rings is 1. The second kappa shape index (κ2) is 10.6. The van der Waals surface area contributed by atoms with Crippen LogP contribution in [0, 0.1) is 11.7 Å². The number of benzene rings is 2. The van der Waals surface area contributed by atoms with E-state index in [4.69, 9.17) is 9.47 Å². The highest BCUT2D eigenvalue weighted by molar-refractivity contribution is 5.74. The van der Waals surface area contributed by atoms with Crippen LogP contribution in [-0.2, 0) is 11.2 Å². The molecule has 0 spiro atoms. The van der Waals surface area contributed by atoms with Crippen LogP contribution in [0.2, 0.25) is 0 Å². The maximum Gasteiger partial charge on any atom is 0.407 e. The minimum Gasteiger partial charge on any atom is -0.489 e. The summed E-state index contributed by atoms with van der Waals surface area (Å²) in [5.41, 5.74) is 2.07. The van der Waals surface area contributed by atoms with E-state index < -0.39 is 11.7 Å². The number of nitrogens with zero attached hydrogens (tertiary/aromatic N) is 2. The molecular formula is C27H35FN4O3. The number of nitrogens with one attached hydrogen (secondary N) is 2. The fraction of sp³-hybridized carbons (Fsp3) is 0.481. The van der Waals surface area contributed by atoms with Gasteiger partial charge in [0.2, 0.25) is 0 Å². The molecule has 1 aliphatic heterocycles. The third-order valence-corrected chi connectivity index (χ3v) is 6.82. The smallest absolute Gasteiger partial charge is 0.407 e. The molecule has 0 fully saturated rings. The predicted molar refractivity (Wildman–Crippen MR) is 134 cm³/mol. The number of ether oxygens (including phenoxy) is 2. The van der Waals surface area contributed by atoms with Crippen molar-refractivity contribution in [3.63, 3.8) is 0 Å². The zero-order valence-corrected chi connectivity index (χ0v) is 20.9. The van der Waals surface area contributed by atoms with Gasteiger partial charge in [-0.1, -0.05) is 32.0 Å². The number of halogens is 1. The lowest BCUT2D eigenvalue weighted by Gasteiger charge is -2.46. The average molecular weight is 483 g/mol. The molecule has 0 aliphatic carbocycles. The Morgan fingerprint density at radius 2 is 2.11 bits per heavy atom. The summed E-state index contributed by atoms with van der Waals surface area (Å²) in [6.45, 7) is 5.99. The number of H-pyrrole nitrogens is 1. The summed E-state index contributed by atoms with van der Waals surface area (Å²) in [5.74, 6) is 1.22. The fourth-order valence-corrected chi connectivity index (χ4v) is 5.17. The van der Waals surface area contributed by atoms with Gasteiger partial charge >= 0.3 is 6.09 Å². The minimum atomic E-state index is -0.855. The average Bonchev–Trinajstić information content (AvgIpc) is 3.25. The van der Waals surface area contributed by atoms with E-state index in [0.717, 1.165) is 48.4 Å². The normalized spacial score (nSPS) is 19.6. The lowest BCUT2D eigenvalue weighted by molar-refractivity contribution is -0.0724. The Labute approximate surface area is 206 Å². The Morgan fingerprint density at radius 3 is 2.86 bits per heavy atom. The summed E-state index contributed by atoms with van der Waals surface area (Å²) < 4.78 is 25.9. The van der Waals surface area contributed by atoms with Gasteiger partial charge in [-0.2, -0.15) is 0 Å². The second-order valence-electron chi connectivity index (χ2n) is 9.75. The third-order valence-electron chi connectivity index (χ3n) is 6.82. The molecule has 1 amide bonds. The number of aromatic nitrogens is 2. The molecule has 0 bridgehead atoms. The maximum atomic E-state index is 13.8. The monoisotopic (exact) mass is 482 g/mol. The van der Waals surface area contributed by atoms with Gasteiger partial charge < -0.3 is 24.7 Å². The molecule has 0 saturated carbocycles. The van der Waals surface area contributed by atoms with Gasteiger partial charge in [0.1, 0.15) is 24.0 Å². The molecule has 0 radical (unpaired) electrons. The number of hydrogen-bond acceptors (Lipinski definition) is 5. The van der Waals surface area contributed by atoms with Crippen LogP contribution in [0.3, 0.4) is 0 Å². The first kappa shape index (κ1) is 25.0. The second-order valence-corrected chi connectivity index (χ2v) is 9.75. The Balaban J connectivity index is 1.43. The van der Waals surface area contributed by atoms with E-state index in [0.29, 0.717) is 12.2 Å². The van der Waals surface area contributed by atoms with E-state index in [1.165, 1.54) is 12.1 Å². The Hall–Kier alpha value is -3.13. The highest BCUT2D eigenvalue weighted by Crippen LogP contribution is 2.47. The summed E-state index contributed by atoms with van der Waals surface area (Å²) in [6.07, 6.45) is 1.92. The number of hydrogen-bond donors (Lipinski definition) is 2. The highest BCUT2D eigenvalue weighted by atomic mass is 19.1. The number of para-hydroxylation sites is 2. The van der Waals surface area contributed by atoms with Crippen LogP contribution in [0.1, 0.15) is 44.0 Å². The minimum absolute atomic E-state index is 0.118. The van der Waals surface area contributed by atoms with Crippen molar-refractivity contribution in [1.29, 1.82) is 0 Å². The van der Waals surface area contributed by atoms with Gasteiger partial charge in [-0.05, 0) is 44.1 Å². The Morgan fingerprint density at radius 1 is 1.31 bits per heavy atom. The summed E-state index contributed by atoms with van der Waals surface area (Å²) in [6, 6.07) is 12.7. The SMILES string of the molecule is CNC(=O)OC1(CCN(C)CCCc2nc3ccccc3[nH]2)COc2cc(F)ccc2[C@@H]1C(C)C. The van der Waals surface area contributed by atoms with Gasteiger partial charge in [-0.15, -0.1) is 0 Å². The van der Waals surface area contributed by atoms with Crippen LogP contribution < -0.4 is 10.1 Å². The first-order valence-electron chi connectivity index (χ1n) is 12.3. The molecule has 8 heteroatoms. The van der Waals surface area contributed by atoms with Crippen LogP contribution in [0.5, 0.6) is 5.75 Å². The summed E-state index contributed by atoms with van der Waals surface area (Å²) >= 11 is 0. The van der Waals surface area contributed by atoms with E-state index in [2.05, 4.69) is 41.1 Å². The van der Waals surface area contributed by atoms with Gasteiger partial charge in [0.15, 0.2) is 5.60 Å². The first-order valence-corrected chi connectivity index (χ1v) is 12.3.